The molecule has 4 rings (SSSR count). The Morgan fingerprint density at radius 2 is 1.36 bits per heavy atom. The fourth-order valence-electron chi connectivity index (χ4n) is 6.03. The molecule has 53 heavy (non-hydrogen) atoms. The van der Waals surface area contributed by atoms with Crippen molar-refractivity contribution in [1.82, 2.24) is 5.32 Å². The third kappa shape index (κ3) is 13.0. The Balaban J connectivity index is 1.44. The number of nitrogens with one attached hydrogen (secondary N) is 1. The third-order valence-corrected chi connectivity index (χ3v) is 9.76. The quantitative estimate of drug-likeness (QED) is 0.0975. The average molecular weight is 778 g/mol. The molecule has 290 valence electrons. The first-order valence-corrected chi connectivity index (χ1v) is 18.8. The number of esters is 4. The summed E-state index contributed by atoms with van der Waals surface area (Å²) in [5.74, 6) is -1.41. The van der Waals surface area contributed by atoms with Crippen molar-refractivity contribution in [3.63, 3.8) is 0 Å². The van der Waals surface area contributed by atoms with E-state index in [1.165, 1.54) is 13.8 Å². The van der Waals surface area contributed by atoms with Crippen LogP contribution in [0.15, 0.2) is 48.5 Å². The van der Waals surface area contributed by atoms with Crippen molar-refractivity contribution in [3.05, 3.63) is 70.8 Å². The van der Waals surface area contributed by atoms with Gasteiger partial charge in [0.15, 0.2) is 24.6 Å². The lowest BCUT2D eigenvalue weighted by atomic mass is 9.92. The van der Waals surface area contributed by atoms with Gasteiger partial charge in [0.05, 0.1) is 30.4 Å². The van der Waals surface area contributed by atoms with Gasteiger partial charge in [0.1, 0.15) is 18.8 Å². The number of hydrogen-bond acceptors (Lipinski definition) is 15. The lowest BCUT2D eigenvalue weighted by Crippen LogP contribution is -2.62. The van der Waals surface area contributed by atoms with E-state index in [4.69, 9.17) is 45.4 Å². The summed E-state index contributed by atoms with van der Waals surface area (Å²) in [5.41, 5.74) is 3.51. The van der Waals surface area contributed by atoms with Crippen LogP contribution >= 0.6 is 24.0 Å². The van der Waals surface area contributed by atoms with E-state index in [9.17, 15) is 29.4 Å². The number of ether oxygens (including phenoxy) is 7. The van der Waals surface area contributed by atoms with Gasteiger partial charge in [-0.1, -0.05) is 60.7 Å². The van der Waals surface area contributed by atoms with E-state index in [0.717, 1.165) is 36.1 Å². The summed E-state index contributed by atoms with van der Waals surface area (Å²) in [5, 5.41) is 21.9. The van der Waals surface area contributed by atoms with Gasteiger partial charge in [0, 0.05) is 64.2 Å². The molecule has 1 unspecified atom stereocenters. The molecular weight excluding hydrogens is 731 g/mol. The van der Waals surface area contributed by atoms with E-state index in [1.54, 1.807) is 11.8 Å². The number of carbonyl (C=O) groups is 4. The second-order valence-electron chi connectivity index (χ2n) is 12.6. The maximum atomic E-state index is 12.2. The number of aliphatic hydroxyl groups is 2. The maximum absolute atomic E-state index is 12.2. The van der Waals surface area contributed by atoms with Crippen LogP contribution in [-0.4, -0.2) is 100 Å². The zero-order valence-electron chi connectivity index (χ0n) is 30.1. The van der Waals surface area contributed by atoms with Gasteiger partial charge >= 0.3 is 23.9 Å². The molecule has 0 aromatic heterocycles. The van der Waals surface area contributed by atoms with E-state index in [2.05, 4.69) is 5.32 Å². The van der Waals surface area contributed by atoms with Crippen molar-refractivity contribution in [2.45, 2.75) is 103 Å². The van der Waals surface area contributed by atoms with Gasteiger partial charge in [-0.3, -0.25) is 19.2 Å². The minimum atomic E-state index is -1.27. The Hall–Kier alpha value is -3.64. The number of hydrogen-bond donors (Lipinski definition) is 3. The molecular formula is C37H47NO13S2. The van der Waals surface area contributed by atoms with Gasteiger partial charge in [-0.25, -0.2) is 0 Å². The highest BCUT2D eigenvalue weighted by molar-refractivity contribution is 7.99. The Bertz CT molecular complexity index is 1540. The summed E-state index contributed by atoms with van der Waals surface area (Å²) >= 11 is 7.27. The molecule has 0 radical (unpaired) electrons. The fourth-order valence-corrected chi connectivity index (χ4v) is 7.04. The van der Waals surface area contributed by atoms with Crippen LogP contribution in [0.5, 0.6) is 0 Å². The molecule has 16 heteroatoms. The first-order chi connectivity index (χ1) is 25.4. The van der Waals surface area contributed by atoms with Gasteiger partial charge in [-0.15, -0.1) is 0 Å². The normalized spacial score (nSPS) is 25.5. The van der Waals surface area contributed by atoms with E-state index in [1.807, 2.05) is 48.5 Å². The number of benzene rings is 2. The molecule has 2 aromatic carbocycles. The Kier molecular flexibility index (Phi) is 16.5. The van der Waals surface area contributed by atoms with Crippen LogP contribution in [-0.2, 0) is 65.5 Å². The minimum absolute atomic E-state index is 0.0204. The highest BCUT2D eigenvalue weighted by Crippen LogP contribution is 2.39. The van der Waals surface area contributed by atoms with Crippen LogP contribution in [0.4, 0.5) is 0 Å². The highest BCUT2D eigenvalue weighted by atomic mass is 32.2. The van der Waals surface area contributed by atoms with Gasteiger partial charge in [0.2, 0.25) is 0 Å². The molecule has 0 saturated carbocycles. The van der Waals surface area contributed by atoms with E-state index >= 15 is 0 Å². The molecule has 8 atom stereocenters. The zero-order chi connectivity index (χ0) is 38.5. The Labute approximate surface area is 318 Å². The smallest absolute Gasteiger partial charge is 0.303 e. The molecule has 2 aliphatic heterocycles. The van der Waals surface area contributed by atoms with Crippen molar-refractivity contribution in [3.8, 4) is 0 Å². The SMILES string of the molecule is CC(=O)OC[C@H]1O[C@@H](CC(=S)NCc2ccc(C3O[C@H](CSCCO)C[C@H](c4ccc(CO)cc4)O3)cc2)[C@H](OC(C)=O)[C@@H](OC(C)=O)[C@@H]1OC(C)=O. The van der Waals surface area contributed by atoms with Crippen LogP contribution in [0.1, 0.15) is 75.2 Å². The summed E-state index contributed by atoms with van der Waals surface area (Å²) < 4.78 is 40.6. The first-order valence-electron chi connectivity index (χ1n) is 17.2. The van der Waals surface area contributed by atoms with E-state index in [-0.39, 0.29) is 38.4 Å². The average Bonchev–Trinajstić information content (AvgIpc) is 3.12. The van der Waals surface area contributed by atoms with Crippen molar-refractivity contribution in [2.75, 3.05) is 24.7 Å². The van der Waals surface area contributed by atoms with Crippen molar-refractivity contribution >= 4 is 52.8 Å². The molecule has 3 N–H and O–H groups in total. The molecule has 2 aliphatic rings. The standard InChI is InChI=1S/C37H47NO13S2/c1-21(41)45-19-32-35(47-23(3)43)36(48-24(4)44)34(46-22(2)42)31(50-32)16-33(52)38-17-25-5-11-28(12-6-25)37-49-29(20-53-14-13-39)15-30(51-37)27-9-7-26(18-40)8-10-27/h5-12,29-32,34-37,39-40H,13-20H2,1-4H3,(H,38,52)/t29-,30+,31-,32+,34-,35+,36+,37?/m0/s1. The summed E-state index contributed by atoms with van der Waals surface area (Å²) in [4.78, 5) is 48.3. The van der Waals surface area contributed by atoms with Gasteiger partial charge < -0.3 is 48.7 Å². The Morgan fingerprint density at radius 3 is 1.94 bits per heavy atom. The lowest BCUT2D eigenvalue weighted by Gasteiger charge is -2.44. The van der Waals surface area contributed by atoms with Gasteiger partial charge in [-0.05, 0) is 16.7 Å². The summed E-state index contributed by atoms with van der Waals surface area (Å²) in [6.07, 6.45) is -6.04. The molecule has 2 saturated heterocycles. The molecule has 0 amide bonds. The van der Waals surface area contributed by atoms with E-state index < -0.39 is 60.7 Å². The largest absolute Gasteiger partial charge is 0.463 e. The second-order valence-corrected chi connectivity index (χ2v) is 14.3. The van der Waals surface area contributed by atoms with Gasteiger partial charge in [0.25, 0.3) is 0 Å². The molecule has 0 bridgehead atoms. The zero-order valence-corrected chi connectivity index (χ0v) is 31.7. The van der Waals surface area contributed by atoms with Crippen molar-refractivity contribution in [1.29, 1.82) is 0 Å². The van der Waals surface area contributed by atoms with Crippen LogP contribution in [0, 0.1) is 0 Å². The van der Waals surface area contributed by atoms with Gasteiger partial charge in [-0.2, -0.15) is 11.8 Å². The second kappa shape index (κ2) is 20.7. The lowest BCUT2D eigenvalue weighted by molar-refractivity contribution is -0.251. The molecule has 0 spiro atoms. The molecule has 2 heterocycles. The van der Waals surface area contributed by atoms with E-state index in [0.29, 0.717) is 29.5 Å². The summed E-state index contributed by atoms with van der Waals surface area (Å²) in [6.45, 7) is 4.77. The maximum Gasteiger partial charge on any atom is 0.303 e. The van der Waals surface area contributed by atoms with Crippen LogP contribution in [0.3, 0.4) is 0 Å². The predicted molar refractivity (Wildman–Crippen MR) is 195 cm³/mol. The highest BCUT2D eigenvalue weighted by Gasteiger charge is 2.52. The Morgan fingerprint density at radius 1 is 0.774 bits per heavy atom. The van der Waals surface area contributed by atoms with Crippen molar-refractivity contribution in [2.24, 2.45) is 0 Å². The number of carbonyl (C=O) groups excluding carboxylic acids is 4. The molecule has 14 nitrogen and oxygen atoms in total. The topological polar surface area (TPSA) is 185 Å². The summed E-state index contributed by atoms with van der Waals surface area (Å²) in [7, 11) is 0. The van der Waals surface area contributed by atoms with Crippen LogP contribution in [0.25, 0.3) is 0 Å². The molecule has 0 aliphatic carbocycles. The third-order valence-electron chi connectivity index (χ3n) is 8.37. The minimum Gasteiger partial charge on any atom is -0.463 e. The number of thioether (sulfide) groups is 1. The molecule has 2 aromatic rings. The first kappa shape index (κ1) is 42.1. The number of thiocarbonyl (C=S) groups is 1. The monoisotopic (exact) mass is 777 g/mol. The number of rotatable bonds is 16. The summed E-state index contributed by atoms with van der Waals surface area (Å²) in [6, 6.07) is 15.3. The van der Waals surface area contributed by atoms with Crippen LogP contribution in [0.2, 0.25) is 0 Å². The predicted octanol–water partition coefficient (Wildman–Crippen LogP) is 3.38. The van der Waals surface area contributed by atoms with Crippen LogP contribution < -0.4 is 5.32 Å². The van der Waals surface area contributed by atoms with Crippen molar-refractivity contribution < 1.29 is 62.5 Å². The number of aliphatic hydroxyl groups excluding tert-OH is 2. The molecule has 2 fully saturated rings. The fraction of sp³-hybridized carbons (Fsp3) is 0.541.